The number of halogens is 1. The molecule has 2 heterocycles. The number of hydrogen-bond donors (Lipinski definition) is 0. The van der Waals surface area contributed by atoms with Crippen molar-refractivity contribution in [3.63, 3.8) is 0 Å². The monoisotopic (exact) mass is 171 g/mol. The van der Waals surface area contributed by atoms with Crippen LogP contribution in [0.2, 0.25) is 0 Å². The van der Waals surface area contributed by atoms with Gasteiger partial charge in [0, 0.05) is 6.54 Å². The molecule has 0 amide bonds. The zero-order chi connectivity index (χ0) is 8.60. The lowest BCUT2D eigenvalue weighted by atomic mass is 9.88. The van der Waals surface area contributed by atoms with Crippen LogP contribution in [0.5, 0.6) is 0 Å². The van der Waals surface area contributed by atoms with Crippen LogP contribution in [-0.2, 0) is 0 Å². The second-order valence-electron chi connectivity index (χ2n) is 4.20. The van der Waals surface area contributed by atoms with Gasteiger partial charge < -0.3 is 0 Å². The third-order valence-electron chi connectivity index (χ3n) is 3.59. The summed E-state index contributed by atoms with van der Waals surface area (Å²) >= 11 is 0. The Balaban J connectivity index is 2.15. The van der Waals surface area contributed by atoms with Crippen LogP contribution in [-0.4, -0.2) is 29.7 Å². The first kappa shape index (κ1) is 8.49. The van der Waals surface area contributed by atoms with E-state index in [0.29, 0.717) is 0 Å². The number of hydrogen-bond acceptors (Lipinski definition) is 1. The molecule has 0 aromatic heterocycles. The van der Waals surface area contributed by atoms with Crippen LogP contribution in [0.15, 0.2) is 0 Å². The minimum Gasteiger partial charge on any atom is -0.295 e. The van der Waals surface area contributed by atoms with Gasteiger partial charge in [-0.05, 0) is 32.2 Å². The third-order valence-corrected chi connectivity index (χ3v) is 3.59. The van der Waals surface area contributed by atoms with Crippen LogP contribution < -0.4 is 0 Å². The quantitative estimate of drug-likeness (QED) is 0.616. The normalized spacial score (nSPS) is 42.0. The molecule has 0 aromatic rings. The van der Waals surface area contributed by atoms with Gasteiger partial charge in [-0.3, -0.25) is 4.90 Å². The van der Waals surface area contributed by atoms with E-state index in [1.165, 1.54) is 6.42 Å². The van der Waals surface area contributed by atoms with E-state index in [4.69, 9.17) is 0 Å². The van der Waals surface area contributed by atoms with Crippen molar-refractivity contribution < 1.29 is 4.39 Å². The van der Waals surface area contributed by atoms with Gasteiger partial charge in [0.15, 0.2) is 0 Å². The largest absolute Gasteiger partial charge is 0.295 e. The van der Waals surface area contributed by atoms with Gasteiger partial charge in [0.25, 0.3) is 0 Å². The lowest BCUT2D eigenvalue weighted by molar-refractivity contribution is 0.107. The van der Waals surface area contributed by atoms with Crippen LogP contribution in [0, 0.1) is 0 Å². The summed E-state index contributed by atoms with van der Waals surface area (Å²) in [7, 11) is 0. The third kappa shape index (κ3) is 1.00. The molecule has 70 valence electrons. The fourth-order valence-electron chi connectivity index (χ4n) is 3.06. The number of fused-ring (bicyclic) bond motifs is 1. The minimum atomic E-state index is -0.542. The Morgan fingerprint density at radius 2 is 2.33 bits per heavy atom. The molecule has 2 aliphatic heterocycles. The van der Waals surface area contributed by atoms with Crippen molar-refractivity contribution in [2.45, 2.75) is 50.7 Å². The Morgan fingerprint density at radius 1 is 1.50 bits per heavy atom. The van der Waals surface area contributed by atoms with Gasteiger partial charge in [-0.1, -0.05) is 13.3 Å². The van der Waals surface area contributed by atoms with Crippen molar-refractivity contribution in [1.82, 2.24) is 4.90 Å². The van der Waals surface area contributed by atoms with Crippen molar-refractivity contribution in [1.29, 1.82) is 0 Å². The van der Waals surface area contributed by atoms with Gasteiger partial charge in [0.2, 0.25) is 0 Å². The Bertz CT molecular complexity index is 171. The van der Waals surface area contributed by atoms with Gasteiger partial charge in [0.1, 0.15) is 6.17 Å². The van der Waals surface area contributed by atoms with E-state index in [2.05, 4.69) is 11.8 Å². The molecule has 0 saturated carbocycles. The van der Waals surface area contributed by atoms with Crippen LogP contribution >= 0.6 is 0 Å². The van der Waals surface area contributed by atoms with Crippen molar-refractivity contribution in [2.24, 2.45) is 0 Å². The molecular formula is C10H18FN. The molecule has 0 aromatic carbocycles. The van der Waals surface area contributed by atoms with Gasteiger partial charge in [-0.25, -0.2) is 4.39 Å². The Labute approximate surface area is 73.9 Å². The molecular weight excluding hydrogens is 153 g/mol. The average Bonchev–Trinajstić information content (AvgIpc) is 2.55. The van der Waals surface area contributed by atoms with Gasteiger partial charge in [-0.2, -0.15) is 0 Å². The molecule has 2 aliphatic rings. The SMILES string of the molecule is CCC[C@@]12CCCN1CC[C@H]2F. The van der Waals surface area contributed by atoms with Crippen LogP contribution in [0.25, 0.3) is 0 Å². The van der Waals surface area contributed by atoms with Gasteiger partial charge in [-0.15, -0.1) is 0 Å². The summed E-state index contributed by atoms with van der Waals surface area (Å²) < 4.78 is 13.7. The van der Waals surface area contributed by atoms with E-state index in [-0.39, 0.29) is 5.54 Å². The Hall–Kier alpha value is -0.110. The van der Waals surface area contributed by atoms with Crippen molar-refractivity contribution >= 4 is 0 Å². The molecule has 2 fully saturated rings. The summed E-state index contributed by atoms with van der Waals surface area (Å²) in [6.45, 7) is 4.30. The lowest BCUT2D eigenvalue weighted by Crippen LogP contribution is -2.43. The molecule has 0 N–H and O–H groups in total. The van der Waals surface area contributed by atoms with E-state index in [1.807, 2.05) is 0 Å². The van der Waals surface area contributed by atoms with Gasteiger partial charge in [0.05, 0.1) is 5.54 Å². The molecule has 0 spiro atoms. The highest BCUT2D eigenvalue weighted by molar-refractivity contribution is 5.05. The Kier molecular flexibility index (Phi) is 2.11. The summed E-state index contributed by atoms with van der Waals surface area (Å²) in [5.74, 6) is 0. The molecule has 2 atom stereocenters. The summed E-state index contributed by atoms with van der Waals surface area (Å²) in [5, 5.41) is 0. The van der Waals surface area contributed by atoms with Crippen LogP contribution in [0.4, 0.5) is 4.39 Å². The standard InChI is InChI=1S/C10H18FN/c1-2-5-10-6-3-7-12(10)8-4-9(10)11/h9H,2-8H2,1H3/t9-,10+/m1/s1. The molecule has 1 nitrogen and oxygen atoms in total. The molecule has 2 saturated heterocycles. The molecule has 2 rings (SSSR count). The summed E-state index contributed by atoms with van der Waals surface area (Å²) in [5.41, 5.74) is -0.0191. The first-order valence-electron chi connectivity index (χ1n) is 5.19. The number of rotatable bonds is 2. The first-order valence-corrected chi connectivity index (χ1v) is 5.19. The van der Waals surface area contributed by atoms with E-state index in [9.17, 15) is 4.39 Å². The predicted octanol–water partition coefficient (Wildman–Crippen LogP) is 2.36. The molecule has 12 heavy (non-hydrogen) atoms. The van der Waals surface area contributed by atoms with E-state index in [0.717, 1.165) is 38.8 Å². The Morgan fingerprint density at radius 3 is 3.08 bits per heavy atom. The highest BCUT2D eigenvalue weighted by Gasteiger charge is 2.50. The fourth-order valence-corrected chi connectivity index (χ4v) is 3.06. The van der Waals surface area contributed by atoms with Crippen molar-refractivity contribution in [3.05, 3.63) is 0 Å². The van der Waals surface area contributed by atoms with Crippen LogP contribution in [0.1, 0.15) is 39.0 Å². The van der Waals surface area contributed by atoms with Crippen molar-refractivity contribution in [3.8, 4) is 0 Å². The minimum absolute atomic E-state index is 0.0191. The maximum atomic E-state index is 13.7. The fraction of sp³-hybridized carbons (Fsp3) is 1.00. The number of alkyl halides is 1. The summed E-state index contributed by atoms with van der Waals surface area (Å²) in [6.07, 6.45) is 4.73. The zero-order valence-corrected chi connectivity index (χ0v) is 7.85. The van der Waals surface area contributed by atoms with E-state index in [1.54, 1.807) is 0 Å². The summed E-state index contributed by atoms with van der Waals surface area (Å²) in [4.78, 5) is 2.39. The van der Waals surface area contributed by atoms with E-state index < -0.39 is 6.17 Å². The smallest absolute Gasteiger partial charge is 0.120 e. The predicted molar refractivity (Wildman–Crippen MR) is 48.0 cm³/mol. The van der Waals surface area contributed by atoms with Crippen LogP contribution in [0.3, 0.4) is 0 Å². The zero-order valence-electron chi connectivity index (χ0n) is 7.85. The summed E-state index contributed by atoms with van der Waals surface area (Å²) in [6, 6.07) is 0. The second kappa shape index (κ2) is 2.99. The first-order chi connectivity index (χ1) is 5.79. The molecule has 2 heteroatoms. The topological polar surface area (TPSA) is 3.24 Å². The molecule has 0 unspecified atom stereocenters. The number of nitrogens with zero attached hydrogens (tertiary/aromatic N) is 1. The highest BCUT2D eigenvalue weighted by Crippen LogP contribution is 2.43. The highest BCUT2D eigenvalue weighted by atomic mass is 19.1. The lowest BCUT2D eigenvalue weighted by Gasteiger charge is -2.33. The van der Waals surface area contributed by atoms with Gasteiger partial charge >= 0.3 is 0 Å². The molecule has 0 bridgehead atoms. The second-order valence-corrected chi connectivity index (χ2v) is 4.20. The van der Waals surface area contributed by atoms with E-state index >= 15 is 0 Å². The molecule has 0 aliphatic carbocycles. The molecule has 0 radical (unpaired) electrons. The maximum absolute atomic E-state index is 13.7. The van der Waals surface area contributed by atoms with Crippen molar-refractivity contribution in [2.75, 3.05) is 13.1 Å². The average molecular weight is 171 g/mol. The maximum Gasteiger partial charge on any atom is 0.120 e.